The quantitative estimate of drug-likeness (QED) is 0.769. The second kappa shape index (κ2) is 6.98. The Balaban J connectivity index is 1.70. The van der Waals surface area contributed by atoms with E-state index >= 15 is 0 Å². The van der Waals surface area contributed by atoms with Crippen LogP contribution in [0.5, 0.6) is 0 Å². The maximum absolute atomic E-state index is 12.5. The topological polar surface area (TPSA) is 84.2 Å². The molecule has 0 saturated carbocycles. The van der Waals surface area contributed by atoms with Crippen molar-refractivity contribution in [3.8, 4) is 0 Å². The molecule has 0 saturated heterocycles. The highest BCUT2D eigenvalue weighted by atomic mass is 32.1. The predicted octanol–water partition coefficient (Wildman–Crippen LogP) is 2.96. The minimum absolute atomic E-state index is 0.189. The SMILES string of the molecule is CC(C)(N)CNC(=O)c1ccsc1NC(=O)c1ccc2c(c1)CCC2. The van der Waals surface area contributed by atoms with E-state index in [1.807, 2.05) is 32.0 Å². The number of nitrogens with two attached hydrogens (primary N) is 1. The van der Waals surface area contributed by atoms with Crippen LogP contribution in [0.2, 0.25) is 0 Å². The summed E-state index contributed by atoms with van der Waals surface area (Å²) < 4.78 is 0. The van der Waals surface area contributed by atoms with Crippen molar-refractivity contribution in [2.45, 2.75) is 38.6 Å². The molecule has 132 valence electrons. The molecule has 2 amide bonds. The lowest BCUT2D eigenvalue weighted by Crippen LogP contribution is -2.45. The second-order valence-electron chi connectivity index (χ2n) is 7.13. The number of amides is 2. The normalized spacial score (nSPS) is 13.4. The number of hydrogen-bond acceptors (Lipinski definition) is 4. The summed E-state index contributed by atoms with van der Waals surface area (Å²) in [6, 6.07) is 7.55. The standard InChI is InChI=1S/C19H23N3O2S/c1-19(2,20)11-21-17(24)15-8-9-25-18(15)22-16(23)14-7-6-12-4-3-5-13(12)10-14/h6-10H,3-5,11,20H2,1-2H3,(H,21,24)(H,22,23). The second-order valence-corrected chi connectivity index (χ2v) is 8.04. The van der Waals surface area contributed by atoms with Gasteiger partial charge in [0.05, 0.1) is 5.56 Å². The Morgan fingerprint density at radius 1 is 1.16 bits per heavy atom. The fourth-order valence-corrected chi connectivity index (χ4v) is 3.66. The molecule has 0 spiro atoms. The third-order valence-corrected chi connectivity index (χ3v) is 5.03. The largest absolute Gasteiger partial charge is 0.350 e. The third-order valence-electron chi connectivity index (χ3n) is 4.20. The Bertz CT molecular complexity index is 805. The number of carbonyl (C=O) groups is 2. The van der Waals surface area contributed by atoms with Crippen molar-refractivity contribution in [3.05, 3.63) is 51.9 Å². The summed E-state index contributed by atoms with van der Waals surface area (Å²) in [4.78, 5) is 24.9. The lowest BCUT2D eigenvalue weighted by molar-refractivity contribution is 0.0947. The van der Waals surface area contributed by atoms with Crippen LogP contribution in [0.3, 0.4) is 0 Å². The van der Waals surface area contributed by atoms with E-state index in [0.29, 0.717) is 22.7 Å². The lowest BCUT2D eigenvalue weighted by Gasteiger charge is -2.19. The smallest absolute Gasteiger partial charge is 0.256 e. The fraction of sp³-hybridized carbons (Fsp3) is 0.368. The number of benzene rings is 1. The first-order chi connectivity index (χ1) is 11.8. The van der Waals surface area contributed by atoms with E-state index in [-0.39, 0.29) is 11.8 Å². The number of carbonyl (C=O) groups excluding carboxylic acids is 2. The highest BCUT2D eigenvalue weighted by molar-refractivity contribution is 7.14. The number of hydrogen-bond donors (Lipinski definition) is 3. The van der Waals surface area contributed by atoms with Crippen LogP contribution in [0.25, 0.3) is 0 Å². The molecule has 1 aliphatic rings. The molecule has 1 aliphatic carbocycles. The zero-order valence-corrected chi connectivity index (χ0v) is 15.3. The van der Waals surface area contributed by atoms with Crippen molar-refractivity contribution in [2.75, 3.05) is 11.9 Å². The predicted molar refractivity (Wildman–Crippen MR) is 101 cm³/mol. The van der Waals surface area contributed by atoms with Crippen LogP contribution in [-0.4, -0.2) is 23.9 Å². The monoisotopic (exact) mass is 357 g/mol. The summed E-state index contributed by atoms with van der Waals surface area (Å²) in [5.74, 6) is -0.422. The summed E-state index contributed by atoms with van der Waals surface area (Å²) in [6.45, 7) is 4.05. The van der Waals surface area contributed by atoms with Crippen molar-refractivity contribution in [1.82, 2.24) is 5.32 Å². The van der Waals surface area contributed by atoms with Crippen LogP contribution in [0, 0.1) is 0 Å². The van der Waals surface area contributed by atoms with Crippen molar-refractivity contribution in [3.63, 3.8) is 0 Å². The molecule has 1 heterocycles. The Kier molecular flexibility index (Phi) is 4.92. The van der Waals surface area contributed by atoms with Crippen LogP contribution in [-0.2, 0) is 12.8 Å². The zero-order valence-electron chi connectivity index (χ0n) is 14.5. The number of thiophene rings is 1. The summed E-state index contributed by atoms with van der Waals surface area (Å²) in [6.07, 6.45) is 3.26. The average molecular weight is 357 g/mol. The van der Waals surface area contributed by atoms with Gasteiger partial charge < -0.3 is 16.4 Å². The highest BCUT2D eigenvalue weighted by Gasteiger charge is 2.19. The van der Waals surface area contributed by atoms with Gasteiger partial charge in [-0.2, -0.15) is 0 Å². The average Bonchev–Trinajstić information content (AvgIpc) is 3.19. The molecule has 0 fully saturated rings. The molecule has 6 heteroatoms. The number of fused-ring (bicyclic) bond motifs is 1. The molecule has 5 nitrogen and oxygen atoms in total. The van der Waals surface area contributed by atoms with Gasteiger partial charge in [-0.3, -0.25) is 9.59 Å². The van der Waals surface area contributed by atoms with Crippen LogP contribution >= 0.6 is 11.3 Å². The van der Waals surface area contributed by atoms with Gasteiger partial charge in [-0.25, -0.2) is 0 Å². The van der Waals surface area contributed by atoms with Crippen LogP contribution < -0.4 is 16.4 Å². The van der Waals surface area contributed by atoms with Gasteiger partial charge in [-0.15, -0.1) is 11.3 Å². The summed E-state index contributed by atoms with van der Waals surface area (Å²) in [5.41, 5.74) is 9.08. The van der Waals surface area contributed by atoms with Gasteiger partial charge in [0.15, 0.2) is 0 Å². The lowest BCUT2D eigenvalue weighted by atomic mass is 10.1. The zero-order chi connectivity index (χ0) is 18.0. The van der Waals surface area contributed by atoms with E-state index in [9.17, 15) is 9.59 Å². The van der Waals surface area contributed by atoms with Gasteiger partial charge in [0.2, 0.25) is 0 Å². The summed E-state index contributed by atoms with van der Waals surface area (Å²) >= 11 is 1.34. The van der Waals surface area contributed by atoms with E-state index in [0.717, 1.165) is 19.3 Å². The molecule has 1 aromatic carbocycles. The molecule has 1 aromatic heterocycles. The number of anilines is 1. The molecule has 25 heavy (non-hydrogen) atoms. The van der Waals surface area contributed by atoms with E-state index < -0.39 is 5.54 Å². The molecule has 2 aromatic rings. The fourth-order valence-electron chi connectivity index (χ4n) is 2.88. The Hall–Kier alpha value is -2.18. The third kappa shape index (κ3) is 4.27. The van der Waals surface area contributed by atoms with Crippen molar-refractivity contribution in [2.24, 2.45) is 5.73 Å². The molecule has 0 aliphatic heterocycles. The van der Waals surface area contributed by atoms with Crippen molar-refractivity contribution < 1.29 is 9.59 Å². The first kappa shape index (κ1) is 17.6. The van der Waals surface area contributed by atoms with Crippen LogP contribution in [0.1, 0.15) is 52.1 Å². The molecule has 3 rings (SSSR count). The van der Waals surface area contributed by atoms with Gasteiger partial charge in [0.25, 0.3) is 11.8 Å². The minimum atomic E-state index is -0.487. The van der Waals surface area contributed by atoms with Crippen LogP contribution in [0.4, 0.5) is 5.00 Å². The Morgan fingerprint density at radius 2 is 1.92 bits per heavy atom. The maximum Gasteiger partial charge on any atom is 0.256 e. The van der Waals surface area contributed by atoms with E-state index in [1.54, 1.807) is 11.4 Å². The number of rotatable bonds is 5. The molecule has 0 radical (unpaired) electrons. The number of aryl methyl sites for hydroxylation is 2. The molecular weight excluding hydrogens is 334 g/mol. The Morgan fingerprint density at radius 3 is 2.68 bits per heavy atom. The summed E-state index contributed by atoms with van der Waals surface area (Å²) in [5, 5.41) is 8.01. The van der Waals surface area contributed by atoms with E-state index in [2.05, 4.69) is 10.6 Å². The van der Waals surface area contributed by atoms with Crippen LogP contribution in [0.15, 0.2) is 29.6 Å². The van der Waals surface area contributed by atoms with Gasteiger partial charge in [-0.05, 0) is 67.8 Å². The van der Waals surface area contributed by atoms with E-state index in [4.69, 9.17) is 5.73 Å². The molecule has 0 bridgehead atoms. The maximum atomic E-state index is 12.5. The molecule has 0 atom stereocenters. The van der Waals surface area contributed by atoms with E-state index in [1.165, 1.54) is 22.5 Å². The van der Waals surface area contributed by atoms with Gasteiger partial charge in [0, 0.05) is 17.6 Å². The molecule has 0 unspecified atom stereocenters. The molecule has 4 N–H and O–H groups in total. The first-order valence-corrected chi connectivity index (χ1v) is 9.29. The molecular formula is C19H23N3O2S. The van der Waals surface area contributed by atoms with Gasteiger partial charge in [-0.1, -0.05) is 6.07 Å². The van der Waals surface area contributed by atoms with Crippen molar-refractivity contribution >= 4 is 28.2 Å². The Labute approximate surface area is 151 Å². The highest BCUT2D eigenvalue weighted by Crippen LogP contribution is 2.26. The van der Waals surface area contributed by atoms with Crippen molar-refractivity contribution in [1.29, 1.82) is 0 Å². The summed E-state index contributed by atoms with van der Waals surface area (Å²) in [7, 11) is 0. The van der Waals surface area contributed by atoms with Gasteiger partial charge >= 0.3 is 0 Å². The number of nitrogens with one attached hydrogen (secondary N) is 2. The first-order valence-electron chi connectivity index (χ1n) is 8.41. The van der Waals surface area contributed by atoms with Gasteiger partial charge in [0.1, 0.15) is 5.00 Å². The minimum Gasteiger partial charge on any atom is -0.350 e.